The van der Waals surface area contributed by atoms with Crippen LogP contribution in [0.2, 0.25) is 5.02 Å². The number of methoxy groups -OCH3 is 1. The van der Waals surface area contributed by atoms with Gasteiger partial charge in [0.2, 0.25) is 0 Å². The van der Waals surface area contributed by atoms with Gasteiger partial charge in [-0.3, -0.25) is 9.69 Å². The Balaban J connectivity index is 1.56. The van der Waals surface area contributed by atoms with Crippen LogP contribution in [0.25, 0.3) is 0 Å². The predicted octanol–water partition coefficient (Wildman–Crippen LogP) is 4.26. The van der Waals surface area contributed by atoms with Crippen molar-refractivity contribution in [2.75, 3.05) is 20.2 Å². The Bertz CT molecular complexity index is 740. The van der Waals surface area contributed by atoms with Crippen LogP contribution in [0, 0.1) is 0 Å². The minimum absolute atomic E-state index is 0.193. The van der Waals surface area contributed by atoms with Gasteiger partial charge < -0.3 is 10.1 Å². The molecule has 2 aromatic carbocycles. The Morgan fingerprint density at radius 3 is 2.46 bits per heavy atom. The molecule has 3 rings (SSSR count). The molecule has 0 bridgehead atoms. The van der Waals surface area contributed by atoms with Gasteiger partial charge in [0.05, 0.1) is 12.7 Å². The van der Waals surface area contributed by atoms with Gasteiger partial charge in [0.15, 0.2) is 0 Å². The van der Waals surface area contributed by atoms with E-state index in [0.717, 1.165) is 12.1 Å². The van der Waals surface area contributed by atoms with Crippen molar-refractivity contribution in [3.8, 4) is 5.75 Å². The molecule has 0 saturated carbocycles. The highest BCUT2D eigenvalue weighted by Gasteiger charge is 2.13. The maximum absolute atomic E-state index is 12.4. The van der Waals surface area contributed by atoms with Crippen molar-refractivity contribution in [2.45, 2.75) is 32.4 Å². The molecule has 1 saturated heterocycles. The number of nitrogens with one attached hydrogen (secondary N) is 1. The highest BCUT2D eigenvalue weighted by molar-refractivity contribution is 6.31. The molecular formula is C21H25ClN2O2. The van der Waals surface area contributed by atoms with Gasteiger partial charge in [0.1, 0.15) is 5.75 Å². The number of carbonyl (C=O) groups is 1. The third-order valence-electron chi connectivity index (χ3n) is 4.74. The summed E-state index contributed by atoms with van der Waals surface area (Å²) in [7, 11) is 1.54. The van der Waals surface area contributed by atoms with E-state index in [-0.39, 0.29) is 5.91 Å². The molecule has 1 N–H and O–H groups in total. The molecule has 0 spiro atoms. The molecule has 1 aliphatic rings. The van der Waals surface area contributed by atoms with Crippen molar-refractivity contribution in [3.63, 3.8) is 0 Å². The summed E-state index contributed by atoms with van der Waals surface area (Å²) in [5.74, 6) is 0.325. The van der Waals surface area contributed by atoms with E-state index < -0.39 is 0 Å². The maximum atomic E-state index is 12.4. The van der Waals surface area contributed by atoms with Crippen LogP contribution in [-0.4, -0.2) is 31.0 Å². The summed E-state index contributed by atoms with van der Waals surface area (Å²) in [6, 6.07) is 13.5. The number of piperidine rings is 1. The van der Waals surface area contributed by atoms with Gasteiger partial charge >= 0.3 is 0 Å². The van der Waals surface area contributed by atoms with Crippen molar-refractivity contribution < 1.29 is 9.53 Å². The molecule has 1 aliphatic heterocycles. The minimum Gasteiger partial charge on any atom is -0.496 e. The van der Waals surface area contributed by atoms with Crippen molar-refractivity contribution >= 4 is 17.5 Å². The molecule has 1 fully saturated rings. The van der Waals surface area contributed by atoms with Gasteiger partial charge in [-0.15, -0.1) is 0 Å². The number of halogens is 1. The second kappa shape index (κ2) is 9.06. The van der Waals surface area contributed by atoms with Gasteiger partial charge in [-0.05, 0) is 55.3 Å². The van der Waals surface area contributed by atoms with Crippen LogP contribution < -0.4 is 10.1 Å². The van der Waals surface area contributed by atoms with E-state index in [2.05, 4.69) is 34.5 Å². The van der Waals surface area contributed by atoms with Gasteiger partial charge in [-0.25, -0.2) is 0 Å². The number of rotatable bonds is 6. The zero-order valence-corrected chi connectivity index (χ0v) is 15.9. The van der Waals surface area contributed by atoms with Crippen molar-refractivity contribution in [2.24, 2.45) is 0 Å². The summed E-state index contributed by atoms with van der Waals surface area (Å²) in [4.78, 5) is 14.9. The fraction of sp³-hybridized carbons (Fsp3) is 0.381. The Morgan fingerprint density at radius 1 is 1.08 bits per heavy atom. The van der Waals surface area contributed by atoms with Crippen LogP contribution in [0.3, 0.4) is 0 Å². The first-order chi connectivity index (χ1) is 12.7. The molecule has 2 aromatic rings. The van der Waals surface area contributed by atoms with Crippen LogP contribution in [0.15, 0.2) is 42.5 Å². The summed E-state index contributed by atoms with van der Waals surface area (Å²) in [6.45, 7) is 3.86. The summed E-state index contributed by atoms with van der Waals surface area (Å²) < 4.78 is 5.24. The molecule has 0 radical (unpaired) electrons. The van der Waals surface area contributed by atoms with Crippen molar-refractivity contribution in [3.05, 3.63) is 64.2 Å². The highest BCUT2D eigenvalue weighted by atomic mass is 35.5. The SMILES string of the molecule is COc1ccc(Cl)cc1C(=O)NCc1ccc(CN2CCCCC2)cc1. The van der Waals surface area contributed by atoms with Crippen LogP contribution in [0.5, 0.6) is 5.75 Å². The number of ether oxygens (including phenoxy) is 1. The third-order valence-corrected chi connectivity index (χ3v) is 4.97. The first-order valence-corrected chi connectivity index (χ1v) is 9.45. The topological polar surface area (TPSA) is 41.6 Å². The zero-order chi connectivity index (χ0) is 18.4. The number of benzene rings is 2. The van der Waals surface area contributed by atoms with Crippen LogP contribution in [0.4, 0.5) is 0 Å². The first-order valence-electron chi connectivity index (χ1n) is 9.07. The van der Waals surface area contributed by atoms with Crippen LogP contribution in [0.1, 0.15) is 40.7 Å². The Hall–Kier alpha value is -2.04. The Kier molecular flexibility index (Phi) is 6.53. The van der Waals surface area contributed by atoms with E-state index >= 15 is 0 Å². The lowest BCUT2D eigenvalue weighted by Gasteiger charge is -2.26. The number of hydrogen-bond donors (Lipinski definition) is 1. The summed E-state index contributed by atoms with van der Waals surface area (Å²) in [5, 5.41) is 3.44. The lowest BCUT2D eigenvalue weighted by atomic mass is 10.1. The third kappa shape index (κ3) is 4.99. The standard InChI is InChI=1S/C21H25ClN2O2/c1-26-20-10-9-18(22)13-19(20)21(25)23-14-16-5-7-17(8-6-16)15-24-11-3-2-4-12-24/h5-10,13H,2-4,11-12,14-15H2,1H3,(H,23,25). The Morgan fingerprint density at radius 2 is 1.77 bits per heavy atom. The van der Waals surface area contributed by atoms with Gasteiger partial charge in [0.25, 0.3) is 5.91 Å². The minimum atomic E-state index is -0.193. The molecule has 1 heterocycles. The molecular weight excluding hydrogens is 348 g/mol. The molecule has 138 valence electrons. The smallest absolute Gasteiger partial charge is 0.255 e. The quantitative estimate of drug-likeness (QED) is 0.823. The molecule has 26 heavy (non-hydrogen) atoms. The van der Waals surface area contributed by atoms with E-state index in [4.69, 9.17) is 16.3 Å². The molecule has 0 aliphatic carbocycles. The van der Waals surface area contributed by atoms with Gasteiger partial charge in [-0.1, -0.05) is 42.3 Å². The van der Waals surface area contributed by atoms with Crippen LogP contribution >= 0.6 is 11.6 Å². The molecule has 0 unspecified atom stereocenters. The highest BCUT2D eigenvalue weighted by Crippen LogP contribution is 2.22. The van der Waals surface area contributed by atoms with Gasteiger partial charge in [-0.2, -0.15) is 0 Å². The number of nitrogens with zero attached hydrogens (tertiary/aromatic N) is 1. The van der Waals surface area contributed by atoms with Crippen LogP contribution in [-0.2, 0) is 13.1 Å². The number of hydrogen-bond acceptors (Lipinski definition) is 3. The van der Waals surface area contributed by atoms with Crippen molar-refractivity contribution in [1.29, 1.82) is 0 Å². The molecule has 4 nitrogen and oxygen atoms in total. The zero-order valence-electron chi connectivity index (χ0n) is 15.1. The number of likely N-dealkylation sites (tertiary alicyclic amines) is 1. The molecule has 5 heteroatoms. The number of amides is 1. The fourth-order valence-electron chi connectivity index (χ4n) is 3.27. The average Bonchev–Trinajstić information content (AvgIpc) is 2.68. The second-order valence-corrected chi connectivity index (χ2v) is 7.12. The lowest BCUT2D eigenvalue weighted by molar-refractivity contribution is 0.0948. The fourth-order valence-corrected chi connectivity index (χ4v) is 3.45. The normalized spacial score (nSPS) is 14.8. The van der Waals surface area contributed by atoms with Gasteiger partial charge in [0, 0.05) is 18.1 Å². The molecule has 0 aromatic heterocycles. The molecule has 0 atom stereocenters. The average molecular weight is 373 g/mol. The van der Waals surface area contributed by atoms with Crippen molar-refractivity contribution in [1.82, 2.24) is 10.2 Å². The number of carbonyl (C=O) groups excluding carboxylic acids is 1. The van der Waals surface area contributed by atoms with E-state index in [1.54, 1.807) is 25.3 Å². The second-order valence-electron chi connectivity index (χ2n) is 6.68. The van der Waals surface area contributed by atoms with E-state index in [9.17, 15) is 4.79 Å². The molecule has 1 amide bonds. The summed E-state index contributed by atoms with van der Waals surface area (Å²) >= 11 is 5.99. The summed E-state index contributed by atoms with van der Waals surface area (Å²) in [6.07, 6.45) is 3.96. The van der Waals surface area contributed by atoms with E-state index in [0.29, 0.717) is 22.9 Å². The maximum Gasteiger partial charge on any atom is 0.255 e. The predicted molar refractivity (Wildman–Crippen MR) is 105 cm³/mol. The van der Waals surface area contributed by atoms with E-state index in [1.807, 2.05) is 0 Å². The first kappa shape index (κ1) is 18.7. The summed E-state index contributed by atoms with van der Waals surface area (Å²) in [5.41, 5.74) is 2.84. The monoisotopic (exact) mass is 372 g/mol. The lowest BCUT2D eigenvalue weighted by Crippen LogP contribution is -2.29. The van der Waals surface area contributed by atoms with E-state index in [1.165, 1.54) is 37.9 Å². The largest absolute Gasteiger partial charge is 0.496 e. The Labute approximate surface area is 160 Å².